The van der Waals surface area contributed by atoms with Crippen LogP contribution in [-0.2, 0) is 16.0 Å². The van der Waals surface area contributed by atoms with Crippen molar-refractivity contribution in [3.05, 3.63) is 17.3 Å². The number of nitrogens with zero attached hydrogens (tertiary/aromatic N) is 2. The van der Waals surface area contributed by atoms with E-state index in [1.807, 2.05) is 6.92 Å². The molecule has 1 N–H and O–H groups in total. The molecule has 0 bridgehead atoms. The van der Waals surface area contributed by atoms with Gasteiger partial charge in [0, 0.05) is 23.4 Å². The van der Waals surface area contributed by atoms with E-state index in [0.29, 0.717) is 6.54 Å². The second-order valence-electron chi connectivity index (χ2n) is 5.60. The highest BCUT2D eigenvalue weighted by Gasteiger charge is 2.20. The largest absolute Gasteiger partial charge is 0.376 e. The Morgan fingerprint density at radius 3 is 3.17 bits per heavy atom. The first-order valence-corrected chi connectivity index (χ1v) is 9.66. The lowest BCUT2D eigenvalue weighted by Gasteiger charge is -2.14. The smallest absolute Gasteiger partial charge is 0.233 e. The Morgan fingerprint density at radius 1 is 1.57 bits per heavy atom. The second kappa shape index (κ2) is 7.59. The molecule has 3 rings (SSSR count). The zero-order valence-electron chi connectivity index (χ0n) is 13.4. The molecule has 1 aliphatic rings. The number of aryl methyl sites for hydroxylation is 1. The summed E-state index contributed by atoms with van der Waals surface area (Å²) < 4.78 is 5.53. The number of hydrogen-bond donors (Lipinski definition) is 1. The van der Waals surface area contributed by atoms with Crippen LogP contribution in [0, 0.1) is 0 Å². The van der Waals surface area contributed by atoms with Crippen molar-refractivity contribution in [1.82, 2.24) is 15.3 Å². The zero-order chi connectivity index (χ0) is 16.2. The number of fused-ring (bicyclic) bond motifs is 1. The maximum Gasteiger partial charge on any atom is 0.233 e. The maximum absolute atomic E-state index is 12.3. The van der Waals surface area contributed by atoms with E-state index in [0.717, 1.165) is 41.1 Å². The number of rotatable bonds is 6. The molecule has 2 unspecified atom stereocenters. The van der Waals surface area contributed by atoms with E-state index in [1.54, 1.807) is 17.7 Å². The molecule has 2 aromatic heterocycles. The van der Waals surface area contributed by atoms with Gasteiger partial charge in [0.2, 0.25) is 5.91 Å². The molecule has 0 saturated carbocycles. The zero-order valence-corrected chi connectivity index (χ0v) is 15.0. The van der Waals surface area contributed by atoms with Crippen molar-refractivity contribution in [3.8, 4) is 0 Å². The molecular formula is C16H21N3O2S2. The molecule has 23 heavy (non-hydrogen) atoms. The number of ether oxygens (including phenoxy) is 1. The molecule has 0 aliphatic carbocycles. The molecule has 1 fully saturated rings. The minimum Gasteiger partial charge on any atom is -0.376 e. The van der Waals surface area contributed by atoms with Gasteiger partial charge in [-0.25, -0.2) is 9.97 Å². The highest BCUT2D eigenvalue weighted by molar-refractivity contribution is 8.00. The van der Waals surface area contributed by atoms with Crippen molar-refractivity contribution in [1.29, 1.82) is 0 Å². The summed E-state index contributed by atoms with van der Waals surface area (Å²) in [5.74, 6) is 0.0307. The number of hydrogen-bond acceptors (Lipinski definition) is 6. The van der Waals surface area contributed by atoms with E-state index >= 15 is 0 Å². The van der Waals surface area contributed by atoms with Gasteiger partial charge in [-0.3, -0.25) is 4.79 Å². The van der Waals surface area contributed by atoms with Crippen molar-refractivity contribution in [3.63, 3.8) is 0 Å². The van der Waals surface area contributed by atoms with Gasteiger partial charge in [-0.05, 0) is 32.3 Å². The predicted octanol–water partition coefficient (Wildman–Crippen LogP) is 3.03. The van der Waals surface area contributed by atoms with Crippen molar-refractivity contribution in [2.75, 3.05) is 13.2 Å². The van der Waals surface area contributed by atoms with Gasteiger partial charge in [0.05, 0.1) is 11.4 Å². The van der Waals surface area contributed by atoms with Crippen LogP contribution in [0.15, 0.2) is 17.4 Å². The van der Waals surface area contributed by atoms with Gasteiger partial charge in [-0.2, -0.15) is 0 Å². The average Bonchev–Trinajstić information content (AvgIpc) is 3.21. The number of thioether (sulfide) groups is 1. The van der Waals surface area contributed by atoms with Crippen LogP contribution in [0.3, 0.4) is 0 Å². The fourth-order valence-corrected chi connectivity index (χ4v) is 4.45. The van der Waals surface area contributed by atoms with Gasteiger partial charge in [-0.1, -0.05) is 18.7 Å². The first-order valence-electron chi connectivity index (χ1n) is 7.96. The van der Waals surface area contributed by atoms with Gasteiger partial charge in [0.15, 0.2) is 0 Å². The SMILES string of the molecule is CCc1cc2c(SC(C)C(=O)NCC3CCCO3)ncnc2s1. The van der Waals surface area contributed by atoms with Gasteiger partial charge in [-0.15, -0.1) is 11.3 Å². The maximum atomic E-state index is 12.3. The molecule has 0 radical (unpaired) electrons. The van der Waals surface area contributed by atoms with Gasteiger partial charge >= 0.3 is 0 Å². The summed E-state index contributed by atoms with van der Waals surface area (Å²) in [7, 11) is 0. The third kappa shape index (κ3) is 4.02. The highest BCUT2D eigenvalue weighted by Crippen LogP contribution is 2.32. The number of aromatic nitrogens is 2. The summed E-state index contributed by atoms with van der Waals surface area (Å²) in [5, 5.41) is 4.72. The third-order valence-electron chi connectivity index (χ3n) is 3.88. The molecule has 0 spiro atoms. The van der Waals surface area contributed by atoms with Crippen LogP contribution in [0.1, 0.15) is 31.6 Å². The van der Waals surface area contributed by atoms with Crippen LogP contribution in [0.5, 0.6) is 0 Å². The number of amides is 1. The van der Waals surface area contributed by atoms with Crippen molar-refractivity contribution >= 4 is 39.2 Å². The molecule has 5 nitrogen and oxygen atoms in total. The van der Waals surface area contributed by atoms with Crippen LogP contribution in [-0.4, -0.2) is 40.4 Å². The van der Waals surface area contributed by atoms with Gasteiger partial charge in [0.25, 0.3) is 0 Å². The summed E-state index contributed by atoms with van der Waals surface area (Å²) in [4.78, 5) is 23.3. The van der Waals surface area contributed by atoms with E-state index in [4.69, 9.17) is 4.74 Å². The van der Waals surface area contributed by atoms with Crippen LogP contribution in [0.25, 0.3) is 10.2 Å². The second-order valence-corrected chi connectivity index (χ2v) is 8.05. The van der Waals surface area contributed by atoms with E-state index in [1.165, 1.54) is 16.6 Å². The topological polar surface area (TPSA) is 64.1 Å². The summed E-state index contributed by atoms with van der Waals surface area (Å²) >= 11 is 3.18. The molecule has 2 atom stereocenters. The van der Waals surface area contributed by atoms with E-state index < -0.39 is 0 Å². The Hall–Kier alpha value is -1.18. The van der Waals surface area contributed by atoms with Crippen molar-refractivity contribution in [2.24, 2.45) is 0 Å². The van der Waals surface area contributed by atoms with Crippen molar-refractivity contribution < 1.29 is 9.53 Å². The van der Waals surface area contributed by atoms with Crippen molar-refractivity contribution in [2.45, 2.75) is 49.5 Å². The molecule has 1 aliphatic heterocycles. The third-order valence-corrected chi connectivity index (χ3v) is 6.18. The summed E-state index contributed by atoms with van der Waals surface area (Å²) in [5.41, 5.74) is 0. The fourth-order valence-electron chi connectivity index (χ4n) is 2.54. The minimum absolute atomic E-state index is 0.0307. The number of nitrogens with one attached hydrogen (secondary N) is 1. The lowest BCUT2D eigenvalue weighted by atomic mass is 10.2. The van der Waals surface area contributed by atoms with Crippen LogP contribution < -0.4 is 5.32 Å². The summed E-state index contributed by atoms with van der Waals surface area (Å²) in [6.07, 6.45) is 4.86. The lowest BCUT2D eigenvalue weighted by molar-refractivity contribution is -0.120. The van der Waals surface area contributed by atoms with Crippen LogP contribution >= 0.6 is 23.1 Å². The Balaban J connectivity index is 1.63. The normalized spacial score (nSPS) is 19.1. The number of carbonyl (C=O) groups is 1. The fraction of sp³-hybridized carbons (Fsp3) is 0.562. The number of carbonyl (C=O) groups excluding carboxylic acids is 1. The molecule has 3 heterocycles. The molecule has 124 valence electrons. The average molecular weight is 351 g/mol. The molecule has 7 heteroatoms. The highest BCUT2D eigenvalue weighted by atomic mass is 32.2. The van der Waals surface area contributed by atoms with Crippen LogP contribution in [0.2, 0.25) is 0 Å². The lowest BCUT2D eigenvalue weighted by Crippen LogP contribution is -2.36. The van der Waals surface area contributed by atoms with Gasteiger partial charge in [0.1, 0.15) is 16.2 Å². The van der Waals surface area contributed by atoms with Gasteiger partial charge < -0.3 is 10.1 Å². The molecule has 1 saturated heterocycles. The first-order chi connectivity index (χ1) is 11.2. The summed E-state index contributed by atoms with van der Waals surface area (Å²) in [6.45, 7) is 5.45. The molecule has 1 amide bonds. The number of thiophene rings is 1. The Bertz CT molecular complexity index is 683. The minimum atomic E-state index is -0.195. The Kier molecular flexibility index (Phi) is 5.50. The Labute approximate surface area is 144 Å². The Morgan fingerprint density at radius 2 is 2.43 bits per heavy atom. The van der Waals surface area contributed by atoms with E-state index in [-0.39, 0.29) is 17.3 Å². The molecule has 2 aromatic rings. The quantitative estimate of drug-likeness (QED) is 0.640. The molecular weight excluding hydrogens is 330 g/mol. The molecule has 0 aromatic carbocycles. The predicted molar refractivity (Wildman–Crippen MR) is 94.1 cm³/mol. The monoisotopic (exact) mass is 351 g/mol. The van der Waals surface area contributed by atoms with Crippen LogP contribution in [0.4, 0.5) is 0 Å². The van der Waals surface area contributed by atoms with E-state index in [9.17, 15) is 4.79 Å². The van der Waals surface area contributed by atoms with E-state index in [2.05, 4.69) is 28.3 Å². The summed E-state index contributed by atoms with van der Waals surface area (Å²) in [6, 6.07) is 2.14. The standard InChI is InChI=1S/C16H21N3O2S2/c1-3-12-7-13-15(18-9-19-16(13)23-12)22-10(2)14(20)17-8-11-5-4-6-21-11/h7,9-11H,3-6,8H2,1-2H3,(H,17,20). The first kappa shape index (κ1) is 16.7.